The van der Waals surface area contributed by atoms with Gasteiger partial charge in [-0.05, 0) is 53.4 Å². The van der Waals surface area contributed by atoms with Gasteiger partial charge in [0.05, 0.1) is 18.1 Å². The highest BCUT2D eigenvalue weighted by atomic mass is 19.2. The summed E-state index contributed by atoms with van der Waals surface area (Å²) in [5, 5.41) is 0. The predicted octanol–water partition coefficient (Wildman–Crippen LogP) is 6.75. The molecule has 14 heteroatoms. The van der Waals surface area contributed by atoms with Crippen LogP contribution < -0.4 is 26.8 Å². The van der Waals surface area contributed by atoms with Crippen molar-refractivity contribution < 1.29 is 57.6 Å². The van der Waals surface area contributed by atoms with E-state index in [9.17, 15) is 35.1 Å². The van der Waals surface area contributed by atoms with Crippen LogP contribution >= 0.6 is 0 Å². The second-order valence-electron chi connectivity index (χ2n) is 13.2. The first-order chi connectivity index (χ1) is 23.4. The minimum atomic E-state index is -4.89. The van der Waals surface area contributed by atoms with Crippen LogP contribution in [0.25, 0.3) is 0 Å². The molecule has 50 heavy (non-hydrogen) atoms. The number of quaternary nitrogens is 1. The Morgan fingerprint density at radius 1 is 0.440 bits per heavy atom. The van der Waals surface area contributed by atoms with Crippen molar-refractivity contribution in [2.24, 2.45) is 0 Å². The molecule has 1 aliphatic rings. The average molecular weight is 719 g/mol. The Kier molecular flexibility index (Phi) is 12.1. The van der Waals surface area contributed by atoms with Gasteiger partial charge in [0.15, 0.2) is 23.3 Å². The molecule has 1 N–H and O–H groups in total. The number of halogens is 12. The van der Waals surface area contributed by atoms with Crippen molar-refractivity contribution in [3.63, 3.8) is 0 Å². The van der Waals surface area contributed by atoms with Crippen molar-refractivity contribution >= 4 is 28.0 Å². The lowest BCUT2D eigenvalue weighted by atomic mass is 9.12. The third-order valence-corrected chi connectivity index (χ3v) is 9.36. The zero-order valence-corrected chi connectivity index (χ0v) is 27.5. The molecule has 5 rings (SSSR count). The van der Waals surface area contributed by atoms with Gasteiger partial charge in [-0.2, -0.15) is 21.9 Å². The SMILES string of the molecule is CC(C)[NH+](C(C)C)C1CCCCC1.Fc1cc(F)c(F)c([B-](c2cc(F)cc(F)c2F)(c2cc(F)cc(F)c2F)c2cc(F)cc(F)c2F)c1. The van der Waals surface area contributed by atoms with Crippen LogP contribution in [0.5, 0.6) is 0 Å². The second-order valence-corrected chi connectivity index (χ2v) is 13.2. The lowest BCUT2D eigenvalue weighted by molar-refractivity contribution is -0.967. The molecule has 0 heterocycles. The molecular weight excluding hydrogens is 685 g/mol. The van der Waals surface area contributed by atoms with Gasteiger partial charge in [-0.15, -0.1) is 0 Å². The molecule has 1 aliphatic carbocycles. The van der Waals surface area contributed by atoms with Gasteiger partial charge in [-0.1, -0.05) is 30.7 Å². The van der Waals surface area contributed by atoms with Gasteiger partial charge in [0.25, 0.3) is 0 Å². The standard InChI is InChI=1S/C24H8BF12.C12H25N/c26-9-1-13(21(34)17(30)5-9)25(14-2-10(27)6-18(31)22(14)35,15-3-11(28)7-19(32)23(15)36)16-4-12(29)8-20(33)24(16)37;1-10(2)13(11(3)4)12-8-6-5-7-9-12/h1-8H;10-12H,5-9H2,1-4H3/q-1;/p+1. The fraction of sp³-hybridized carbons (Fsp3) is 0.333. The molecule has 0 aliphatic heterocycles. The number of nitrogens with one attached hydrogen (secondary N) is 1. The smallest absolute Gasteiger partial charge is 0.158 e. The van der Waals surface area contributed by atoms with Crippen LogP contribution in [0, 0.1) is 69.8 Å². The summed E-state index contributed by atoms with van der Waals surface area (Å²) in [6.45, 7) is 9.46. The summed E-state index contributed by atoms with van der Waals surface area (Å²) in [5.74, 6) is -24.2. The van der Waals surface area contributed by atoms with Gasteiger partial charge in [-0.3, -0.25) is 0 Å². The quantitative estimate of drug-likeness (QED) is 0.123. The minimum absolute atomic E-state index is 0.0227. The Morgan fingerprint density at radius 3 is 0.940 bits per heavy atom. The van der Waals surface area contributed by atoms with Gasteiger partial charge >= 0.3 is 0 Å². The molecule has 0 radical (unpaired) electrons. The number of hydrogen-bond donors (Lipinski definition) is 1. The summed E-state index contributed by atoms with van der Waals surface area (Å²) >= 11 is 0. The molecule has 0 saturated heterocycles. The molecule has 0 bridgehead atoms. The summed E-state index contributed by atoms with van der Waals surface area (Å²) in [7, 11) is 0. The summed E-state index contributed by atoms with van der Waals surface area (Å²) in [6, 6.07) is 2.09. The topological polar surface area (TPSA) is 4.44 Å². The van der Waals surface area contributed by atoms with Gasteiger partial charge in [0, 0.05) is 24.3 Å². The summed E-state index contributed by atoms with van der Waals surface area (Å²) in [6.07, 6.45) is 2.44. The van der Waals surface area contributed by atoms with Crippen molar-refractivity contribution in [1.82, 2.24) is 0 Å². The molecule has 4 aromatic rings. The van der Waals surface area contributed by atoms with Crippen molar-refractivity contribution in [2.45, 2.75) is 77.9 Å². The van der Waals surface area contributed by atoms with E-state index in [2.05, 4.69) is 27.7 Å². The highest BCUT2D eigenvalue weighted by Gasteiger charge is 2.43. The number of rotatable bonds is 7. The first-order valence-corrected chi connectivity index (χ1v) is 16.0. The first kappa shape index (κ1) is 38.9. The maximum atomic E-state index is 15.3. The number of hydrogen-bond acceptors (Lipinski definition) is 0. The van der Waals surface area contributed by atoms with E-state index >= 15 is 17.6 Å². The van der Waals surface area contributed by atoms with Gasteiger partial charge in [0.1, 0.15) is 52.7 Å². The van der Waals surface area contributed by atoms with Crippen LogP contribution in [0.2, 0.25) is 0 Å². The Labute approximate surface area is 281 Å². The van der Waals surface area contributed by atoms with E-state index in [-0.39, 0.29) is 48.5 Å². The molecule has 0 unspecified atom stereocenters. The van der Waals surface area contributed by atoms with Gasteiger partial charge < -0.3 is 4.90 Å². The van der Waals surface area contributed by atoms with E-state index < -0.39 is 97.8 Å². The van der Waals surface area contributed by atoms with Crippen molar-refractivity contribution in [2.75, 3.05) is 0 Å². The molecule has 0 amide bonds. The maximum Gasteiger partial charge on any atom is 0.158 e. The molecule has 4 aromatic carbocycles. The van der Waals surface area contributed by atoms with Gasteiger partial charge in [-0.25, -0.2) is 52.7 Å². The van der Waals surface area contributed by atoms with Crippen LogP contribution in [-0.4, -0.2) is 24.3 Å². The Balaban J connectivity index is 0.000000363. The van der Waals surface area contributed by atoms with Crippen LogP contribution in [0.3, 0.4) is 0 Å². The zero-order valence-electron chi connectivity index (χ0n) is 27.5. The fourth-order valence-electron chi connectivity index (χ4n) is 7.61. The van der Waals surface area contributed by atoms with Crippen LogP contribution in [-0.2, 0) is 0 Å². The van der Waals surface area contributed by atoms with E-state index in [0.717, 1.165) is 18.1 Å². The Morgan fingerprint density at radius 2 is 0.700 bits per heavy atom. The molecule has 0 atom stereocenters. The van der Waals surface area contributed by atoms with Crippen LogP contribution in [0.15, 0.2) is 48.5 Å². The van der Waals surface area contributed by atoms with E-state index in [1.54, 1.807) is 0 Å². The monoisotopic (exact) mass is 719 g/mol. The molecular formula is C36H34BF12N. The molecule has 1 fully saturated rings. The fourth-order valence-corrected chi connectivity index (χ4v) is 7.61. The van der Waals surface area contributed by atoms with Crippen LogP contribution in [0.4, 0.5) is 52.7 Å². The minimum Gasteiger partial charge on any atom is -0.329 e. The average Bonchev–Trinajstić information content (AvgIpc) is 3.03. The van der Waals surface area contributed by atoms with Crippen molar-refractivity contribution in [1.29, 1.82) is 0 Å². The van der Waals surface area contributed by atoms with E-state index in [1.807, 2.05) is 4.90 Å². The lowest BCUT2D eigenvalue weighted by Crippen LogP contribution is -3.21. The summed E-state index contributed by atoms with van der Waals surface area (Å²) in [4.78, 5) is 1.83. The zero-order chi connectivity index (χ0) is 37.2. The predicted molar refractivity (Wildman–Crippen MR) is 168 cm³/mol. The number of benzene rings is 4. The summed E-state index contributed by atoms with van der Waals surface area (Å²) in [5.41, 5.74) is -6.69. The van der Waals surface area contributed by atoms with E-state index in [1.165, 1.54) is 32.1 Å². The third kappa shape index (κ3) is 7.55. The van der Waals surface area contributed by atoms with E-state index in [4.69, 9.17) is 0 Å². The molecule has 270 valence electrons. The third-order valence-electron chi connectivity index (χ3n) is 9.36. The van der Waals surface area contributed by atoms with Gasteiger partial charge in [0.2, 0.25) is 0 Å². The van der Waals surface area contributed by atoms with Crippen molar-refractivity contribution in [3.8, 4) is 0 Å². The van der Waals surface area contributed by atoms with Crippen LogP contribution in [0.1, 0.15) is 59.8 Å². The molecule has 1 saturated carbocycles. The Hall–Kier alpha value is -3.94. The van der Waals surface area contributed by atoms with E-state index in [0.29, 0.717) is 0 Å². The first-order valence-electron chi connectivity index (χ1n) is 16.0. The maximum absolute atomic E-state index is 15.3. The highest BCUT2D eigenvalue weighted by molar-refractivity contribution is 7.20. The lowest BCUT2D eigenvalue weighted by Gasteiger charge is -2.44. The second kappa shape index (κ2) is 15.5. The molecule has 0 aromatic heterocycles. The summed E-state index contributed by atoms with van der Waals surface area (Å²) < 4.78 is 176. The Bertz CT molecular complexity index is 1610. The molecule has 1 nitrogen and oxygen atoms in total. The largest absolute Gasteiger partial charge is 0.329 e. The highest BCUT2D eigenvalue weighted by Crippen LogP contribution is 2.23. The molecule has 0 spiro atoms. The van der Waals surface area contributed by atoms with Crippen molar-refractivity contribution in [3.05, 3.63) is 118 Å². The normalized spacial score (nSPS) is 14.1.